The maximum absolute atomic E-state index is 6.06. The molecule has 0 bridgehead atoms. The predicted molar refractivity (Wildman–Crippen MR) is 116 cm³/mol. The lowest BCUT2D eigenvalue weighted by atomic mass is 9.74. The highest BCUT2D eigenvalue weighted by Crippen LogP contribution is 2.42. The van der Waals surface area contributed by atoms with Gasteiger partial charge in [0.05, 0.1) is 11.9 Å². The minimum Gasteiger partial charge on any atom is -0.469 e. The molecule has 1 aliphatic carbocycles. The van der Waals surface area contributed by atoms with E-state index < -0.39 is 0 Å². The third kappa shape index (κ3) is 5.84. The molecule has 0 amide bonds. The van der Waals surface area contributed by atoms with E-state index in [1.165, 1.54) is 19.3 Å². The van der Waals surface area contributed by atoms with Crippen molar-refractivity contribution in [2.24, 2.45) is 4.99 Å². The third-order valence-electron chi connectivity index (χ3n) is 5.87. The maximum Gasteiger partial charge on any atom is 0.191 e. The van der Waals surface area contributed by atoms with Gasteiger partial charge in [-0.1, -0.05) is 0 Å². The molecule has 0 radical (unpaired) electrons. The molecule has 7 heteroatoms. The van der Waals surface area contributed by atoms with E-state index in [1.54, 1.807) is 6.26 Å². The number of guanidine groups is 1. The summed E-state index contributed by atoms with van der Waals surface area (Å²) in [4.78, 5) is 4.83. The van der Waals surface area contributed by atoms with Crippen LogP contribution in [0.25, 0.3) is 0 Å². The summed E-state index contributed by atoms with van der Waals surface area (Å²) < 4.78 is 17.0. The topological polar surface area (TPSA) is 68.0 Å². The molecule has 1 saturated carbocycles. The Hall–Kier alpha value is -0.800. The van der Waals surface area contributed by atoms with Gasteiger partial charge in [0.25, 0.3) is 0 Å². The molecule has 6 nitrogen and oxygen atoms in total. The van der Waals surface area contributed by atoms with Gasteiger partial charge in [-0.25, -0.2) is 0 Å². The van der Waals surface area contributed by atoms with Crippen molar-refractivity contribution in [2.45, 2.75) is 69.1 Å². The van der Waals surface area contributed by atoms with Gasteiger partial charge in [-0.15, -0.1) is 24.0 Å². The first-order valence-electron chi connectivity index (χ1n) is 10.1. The highest BCUT2D eigenvalue weighted by molar-refractivity contribution is 14.0. The SMILES string of the molecule is I.c1coc(CCN=C(NC2CCOCC2)NC2CCOC3(CCC3)C2)c1. The summed E-state index contributed by atoms with van der Waals surface area (Å²) >= 11 is 0. The third-order valence-corrected chi connectivity index (χ3v) is 5.87. The Labute approximate surface area is 178 Å². The summed E-state index contributed by atoms with van der Waals surface area (Å²) in [5.41, 5.74) is 0.147. The average molecular weight is 489 g/mol. The summed E-state index contributed by atoms with van der Waals surface area (Å²) in [6, 6.07) is 4.82. The first kappa shape index (κ1) is 20.9. The number of ether oxygens (including phenoxy) is 2. The monoisotopic (exact) mass is 489 g/mol. The Morgan fingerprint density at radius 2 is 1.89 bits per heavy atom. The van der Waals surface area contributed by atoms with Gasteiger partial charge < -0.3 is 24.5 Å². The zero-order chi connectivity index (χ0) is 17.7. The normalized spacial score (nSPS) is 25.5. The molecular formula is C20H32IN3O3. The van der Waals surface area contributed by atoms with Crippen LogP contribution in [0.1, 0.15) is 50.7 Å². The quantitative estimate of drug-likeness (QED) is 0.378. The molecular weight excluding hydrogens is 457 g/mol. The van der Waals surface area contributed by atoms with Crippen molar-refractivity contribution >= 4 is 29.9 Å². The Balaban J connectivity index is 0.00000210. The molecule has 1 unspecified atom stereocenters. The summed E-state index contributed by atoms with van der Waals surface area (Å²) in [5, 5.41) is 7.33. The molecule has 3 aliphatic rings. The van der Waals surface area contributed by atoms with Crippen LogP contribution in [0.15, 0.2) is 27.8 Å². The first-order valence-corrected chi connectivity index (χ1v) is 10.1. The van der Waals surface area contributed by atoms with Gasteiger partial charge in [0.1, 0.15) is 5.76 Å². The van der Waals surface area contributed by atoms with Gasteiger partial charge in [0.15, 0.2) is 5.96 Å². The molecule has 152 valence electrons. The maximum atomic E-state index is 6.06. The van der Waals surface area contributed by atoms with Crippen molar-refractivity contribution in [2.75, 3.05) is 26.4 Å². The van der Waals surface area contributed by atoms with Crippen LogP contribution in [-0.4, -0.2) is 50.0 Å². The number of rotatable bonds is 5. The van der Waals surface area contributed by atoms with Crippen LogP contribution >= 0.6 is 24.0 Å². The fourth-order valence-electron chi connectivity index (χ4n) is 4.16. The summed E-state index contributed by atoms with van der Waals surface area (Å²) in [7, 11) is 0. The Morgan fingerprint density at radius 1 is 1.11 bits per heavy atom. The molecule has 2 saturated heterocycles. The summed E-state index contributed by atoms with van der Waals surface area (Å²) in [5.74, 6) is 1.92. The average Bonchev–Trinajstić information content (AvgIpc) is 3.15. The second-order valence-electron chi connectivity index (χ2n) is 7.81. The summed E-state index contributed by atoms with van der Waals surface area (Å²) in [6.45, 7) is 3.24. The minimum atomic E-state index is 0. The summed E-state index contributed by atoms with van der Waals surface area (Å²) in [6.07, 6.45) is 10.5. The molecule has 27 heavy (non-hydrogen) atoms. The lowest BCUT2D eigenvalue weighted by Gasteiger charge is -2.47. The van der Waals surface area contributed by atoms with Crippen LogP contribution in [0, 0.1) is 0 Å². The smallest absolute Gasteiger partial charge is 0.191 e. The van der Waals surface area contributed by atoms with Crippen molar-refractivity contribution in [3.63, 3.8) is 0 Å². The molecule has 0 aromatic carbocycles. The molecule has 4 rings (SSSR count). The molecule has 1 aromatic rings. The van der Waals surface area contributed by atoms with Crippen LogP contribution in [0.2, 0.25) is 0 Å². The number of nitrogens with zero attached hydrogens (tertiary/aromatic N) is 1. The Morgan fingerprint density at radius 3 is 2.59 bits per heavy atom. The van der Waals surface area contributed by atoms with Gasteiger partial charge in [-0.2, -0.15) is 0 Å². The highest BCUT2D eigenvalue weighted by atomic mass is 127. The van der Waals surface area contributed by atoms with E-state index in [1.807, 2.05) is 12.1 Å². The number of furan rings is 1. The van der Waals surface area contributed by atoms with E-state index in [2.05, 4.69) is 10.6 Å². The van der Waals surface area contributed by atoms with Crippen molar-refractivity contribution in [1.82, 2.24) is 10.6 Å². The molecule has 3 heterocycles. The van der Waals surface area contributed by atoms with Crippen molar-refractivity contribution < 1.29 is 13.9 Å². The van der Waals surface area contributed by atoms with Crippen molar-refractivity contribution in [3.05, 3.63) is 24.2 Å². The van der Waals surface area contributed by atoms with Crippen LogP contribution in [-0.2, 0) is 15.9 Å². The lowest BCUT2D eigenvalue weighted by Crippen LogP contribution is -2.55. The highest BCUT2D eigenvalue weighted by Gasteiger charge is 2.42. The second kappa shape index (κ2) is 10.1. The standard InChI is InChI=1S/C20H31N3O3.HI/c1-3-18(25-11-1)4-10-21-19(22-16-5-12-24-13-6-16)23-17-7-14-26-20(15-17)8-2-9-20;/h1,3,11,16-17H,2,4-10,12-15H2,(H2,21,22,23);1H. The number of aliphatic imine (C=N–C) groups is 1. The second-order valence-corrected chi connectivity index (χ2v) is 7.81. The Kier molecular flexibility index (Phi) is 7.84. The largest absolute Gasteiger partial charge is 0.469 e. The molecule has 3 fully saturated rings. The van der Waals surface area contributed by atoms with Gasteiger partial charge in [-0.05, 0) is 57.1 Å². The van der Waals surface area contributed by atoms with Crippen molar-refractivity contribution in [1.29, 1.82) is 0 Å². The predicted octanol–water partition coefficient (Wildman–Crippen LogP) is 3.26. The van der Waals surface area contributed by atoms with E-state index in [0.717, 1.165) is 70.2 Å². The fourth-order valence-corrected chi connectivity index (χ4v) is 4.16. The number of halogens is 1. The molecule has 1 spiro atoms. The van der Waals surface area contributed by atoms with Gasteiger partial charge >= 0.3 is 0 Å². The number of hydrogen-bond acceptors (Lipinski definition) is 4. The molecule has 2 N–H and O–H groups in total. The lowest BCUT2D eigenvalue weighted by molar-refractivity contribution is -0.134. The van der Waals surface area contributed by atoms with Crippen LogP contribution in [0.4, 0.5) is 0 Å². The first-order chi connectivity index (χ1) is 12.8. The molecule has 2 aliphatic heterocycles. The minimum absolute atomic E-state index is 0. The molecule has 1 atom stereocenters. The van der Waals surface area contributed by atoms with E-state index in [9.17, 15) is 0 Å². The zero-order valence-electron chi connectivity index (χ0n) is 16.0. The molecule has 1 aromatic heterocycles. The van der Waals surface area contributed by atoms with Crippen molar-refractivity contribution in [3.8, 4) is 0 Å². The number of nitrogens with one attached hydrogen (secondary N) is 2. The van der Waals surface area contributed by atoms with E-state index in [0.29, 0.717) is 12.1 Å². The van der Waals surface area contributed by atoms with Gasteiger partial charge in [-0.3, -0.25) is 4.99 Å². The fraction of sp³-hybridized carbons (Fsp3) is 0.750. The van der Waals surface area contributed by atoms with E-state index in [-0.39, 0.29) is 29.6 Å². The van der Waals surface area contributed by atoms with Crippen LogP contribution in [0.5, 0.6) is 0 Å². The van der Waals surface area contributed by atoms with Gasteiger partial charge in [0.2, 0.25) is 0 Å². The van der Waals surface area contributed by atoms with Crippen LogP contribution < -0.4 is 10.6 Å². The van der Waals surface area contributed by atoms with Crippen LogP contribution in [0.3, 0.4) is 0 Å². The van der Waals surface area contributed by atoms with E-state index in [4.69, 9.17) is 18.9 Å². The number of hydrogen-bond donors (Lipinski definition) is 2. The Bertz CT molecular complexity index is 583. The van der Waals surface area contributed by atoms with Gasteiger partial charge in [0, 0.05) is 44.9 Å². The zero-order valence-corrected chi connectivity index (χ0v) is 18.3. The van der Waals surface area contributed by atoms with E-state index >= 15 is 0 Å².